The number of likely N-dealkylation sites (tertiary alicyclic amines) is 1. The van der Waals surface area contributed by atoms with Crippen LogP contribution < -0.4 is 5.32 Å². The lowest BCUT2D eigenvalue weighted by atomic mass is 9.95. The molecule has 2 aromatic rings. The van der Waals surface area contributed by atoms with Crippen LogP contribution in [0.4, 0.5) is 0 Å². The van der Waals surface area contributed by atoms with Gasteiger partial charge in [-0.15, -0.1) is 24.8 Å². The van der Waals surface area contributed by atoms with E-state index in [1.54, 1.807) is 0 Å². The van der Waals surface area contributed by atoms with Gasteiger partial charge >= 0.3 is 0 Å². The fourth-order valence-electron chi connectivity index (χ4n) is 3.98. The number of hydrogen-bond acceptors (Lipinski definition) is 6. The van der Waals surface area contributed by atoms with Crippen LogP contribution in [0.2, 0.25) is 0 Å². The molecule has 26 heavy (non-hydrogen) atoms. The summed E-state index contributed by atoms with van der Waals surface area (Å²) in [5.41, 5.74) is 4.63. The van der Waals surface area contributed by atoms with E-state index in [-0.39, 0.29) is 30.9 Å². The second-order valence-electron chi connectivity index (χ2n) is 6.77. The number of nitrogens with one attached hydrogen (secondary N) is 1. The Bertz CT molecular complexity index is 730. The van der Waals surface area contributed by atoms with Crippen LogP contribution in [-0.2, 0) is 13.0 Å². The van der Waals surface area contributed by atoms with Gasteiger partial charge in [0.05, 0.1) is 6.04 Å². The summed E-state index contributed by atoms with van der Waals surface area (Å²) < 4.78 is 5.68. The molecule has 0 saturated carbocycles. The molecule has 0 aromatic carbocycles. The van der Waals surface area contributed by atoms with Crippen molar-refractivity contribution < 1.29 is 4.52 Å². The van der Waals surface area contributed by atoms with Gasteiger partial charge in [-0.2, -0.15) is 4.98 Å². The van der Waals surface area contributed by atoms with E-state index in [4.69, 9.17) is 9.51 Å². The van der Waals surface area contributed by atoms with Gasteiger partial charge in [0.15, 0.2) is 0 Å². The Labute approximate surface area is 167 Å². The van der Waals surface area contributed by atoms with E-state index in [1.165, 1.54) is 24.0 Å². The normalized spacial score (nSPS) is 17.9. The Morgan fingerprint density at radius 2 is 2.04 bits per heavy atom. The maximum Gasteiger partial charge on any atom is 0.244 e. The third-order valence-corrected chi connectivity index (χ3v) is 5.25. The van der Waals surface area contributed by atoms with Crippen LogP contribution >= 0.6 is 24.8 Å². The molecule has 4 rings (SSSR count). The monoisotopic (exact) mass is 399 g/mol. The highest BCUT2D eigenvalue weighted by molar-refractivity contribution is 5.85. The summed E-state index contributed by atoms with van der Waals surface area (Å²) in [6.07, 6.45) is 6.48. The summed E-state index contributed by atoms with van der Waals surface area (Å²) in [7, 11) is 0. The molecule has 6 nitrogen and oxygen atoms in total. The van der Waals surface area contributed by atoms with Crippen molar-refractivity contribution in [1.82, 2.24) is 25.3 Å². The van der Waals surface area contributed by atoms with E-state index >= 15 is 0 Å². The lowest BCUT2D eigenvalue weighted by molar-refractivity contribution is 0.189. The molecule has 0 radical (unpaired) electrons. The highest BCUT2D eigenvalue weighted by Crippen LogP contribution is 2.32. The molecule has 8 heteroatoms. The Balaban J connectivity index is 0.00000121. The van der Waals surface area contributed by atoms with E-state index in [9.17, 15) is 0 Å². The van der Waals surface area contributed by atoms with E-state index in [2.05, 4.69) is 27.3 Å². The Kier molecular flexibility index (Phi) is 7.41. The first-order chi connectivity index (χ1) is 11.8. The SMILES string of the molecule is CCC(c1nc(-c2c(C)ncc3c2CCNC3)no1)N1CCCC1.Cl.Cl. The summed E-state index contributed by atoms with van der Waals surface area (Å²) in [5, 5.41) is 7.72. The lowest BCUT2D eigenvalue weighted by Gasteiger charge is -2.22. The minimum absolute atomic E-state index is 0. The van der Waals surface area contributed by atoms with Crippen LogP contribution in [0.3, 0.4) is 0 Å². The van der Waals surface area contributed by atoms with Crippen LogP contribution in [0.1, 0.15) is 54.9 Å². The quantitative estimate of drug-likeness (QED) is 0.848. The van der Waals surface area contributed by atoms with Crippen molar-refractivity contribution in [3.05, 3.63) is 28.9 Å². The highest BCUT2D eigenvalue weighted by Gasteiger charge is 2.28. The molecule has 0 bridgehead atoms. The average molecular weight is 400 g/mol. The minimum atomic E-state index is 0. The number of pyridine rings is 1. The van der Waals surface area contributed by atoms with Crippen molar-refractivity contribution in [2.75, 3.05) is 19.6 Å². The van der Waals surface area contributed by atoms with Gasteiger partial charge in [-0.1, -0.05) is 12.1 Å². The van der Waals surface area contributed by atoms with E-state index in [1.807, 2.05) is 13.1 Å². The van der Waals surface area contributed by atoms with Gasteiger partial charge in [0.25, 0.3) is 0 Å². The molecular formula is C18H27Cl2N5O. The summed E-state index contributed by atoms with van der Waals surface area (Å²) >= 11 is 0. The Morgan fingerprint density at radius 3 is 2.77 bits per heavy atom. The van der Waals surface area contributed by atoms with Crippen LogP contribution in [0.15, 0.2) is 10.7 Å². The number of aromatic nitrogens is 3. The molecule has 2 aliphatic heterocycles. The zero-order valence-electron chi connectivity index (χ0n) is 15.3. The summed E-state index contributed by atoms with van der Waals surface area (Å²) in [4.78, 5) is 11.8. The first-order valence-corrected chi connectivity index (χ1v) is 9.04. The highest BCUT2D eigenvalue weighted by atomic mass is 35.5. The fourth-order valence-corrected chi connectivity index (χ4v) is 3.98. The lowest BCUT2D eigenvalue weighted by Crippen LogP contribution is -2.25. The maximum atomic E-state index is 5.68. The molecule has 2 aliphatic rings. The van der Waals surface area contributed by atoms with Crippen LogP contribution in [0.5, 0.6) is 0 Å². The van der Waals surface area contributed by atoms with Crippen LogP contribution in [0.25, 0.3) is 11.4 Å². The number of hydrogen-bond donors (Lipinski definition) is 1. The smallest absolute Gasteiger partial charge is 0.244 e. The number of aryl methyl sites for hydroxylation is 1. The van der Waals surface area contributed by atoms with Gasteiger partial charge in [-0.05, 0) is 63.4 Å². The predicted octanol–water partition coefficient (Wildman–Crippen LogP) is 3.48. The standard InChI is InChI=1S/C18H25N5O.2ClH/c1-3-15(23-8-4-5-9-23)18-21-17(22-24-18)16-12(2)20-11-13-10-19-7-6-14(13)16;;/h11,15,19H,3-10H2,1-2H3;2*1H. The minimum Gasteiger partial charge on any atom is -0.337 e. The summed E-state index contributed by atoms with van der Waals surface area (Å²) in [6.45, 7) is 8.33. The molecule has 0 aliphatic carbocycles. The molecule has 4 heterocycles. The van der Waals surface area contributed by atoms with E-state index < -0.39 is 0 Å². The van der Waals surface area contributed by atoms with Gasteiger partial charge in [0.2, 0.25) is 11.7 Å². The van der Waals surface area contributed by atoms with E-state index in [0.29, 0.717) is 5.82 Å². The molecule has 2 aromatic heterocycles. The molecule has 1 N–H and O–H groups in total. The fraction of sp³-hybridized carbons (Fsp3) is 0.611. The molecular weight excluding hydrogens is 373 g/mol. The van der Waals surface area contributed by atoms with E-state index in [0.717, 1.165) is 56.2 Å². The molecule has 144 valence electrons. The Hall–Kier alpha value is -1.21. The molecule has 0 amide bonds. The van der Waals surface area contributed by atoms with Gasteiger partial charge in [-0.3, -0.25) is 9.88 Å². The molecule has 1 unspecified atom stereocenters. The van der Waals surface area contributed by atoms with Gasteiger partial charge < -0.3 is 9.84 Å². The van der Waals surface area contributed by atoms with Crippen molar-refractivity contribution in [3.8, 4) is 11.4 Å². The van der Waals surface area contributed by atoms with Gasteiger partial charge in [0, 0.05) is 24.0 Å². The summed E-state index contributed by atoms with van der Waals surface area (Å²) in [5.74, 6) is 1.45. The van der Waals surface area contributed by atoms with Crippen molar-refractivity contribution in [3.63, 3.8) is 0 Å². The van der Waals surface area contributed by atoms with Gasteiger partial charge in [0.1, 0.15) is 0 Å². The number of rotatable bonds is 4. The maximum absolute atomic E-state index is 5.68. The molecule has 1 saturated heterocycles. The third kappa shape index (κ3) is 3.88. The first kappa shape index (κ1) is 21.1. The molecule has 0 spiro atoms. The topological polar surface area (TPSA) is 67.1 Å². The predicted molar refractivity (Wildman–Crippen MR) is 106 cm³/mol. The average Bonchev–Trinajstić information content (AvgIpc) is 3.28. The Morgan fingerprint density at radius 1 is 1.27 bits per heavy atom. The number of nitrogens with zero attached hydrogens (tertiary/aromatic N) is 4. The number of halogens is 2. The second kappa shape index (κ2) is 9.13. The molecule has 1 atom stereocenters. The third-order valence-electron chi connectivity index (χ3n) is 5.25. The van der Waals surface area contributed by atoms with Crippen LogP contribution in [-0.4, -0.2) is 39.7 Å². The largest absolute Gasteiger partial charge is 0.337 e. The van der Waals surface area contributed by atoms with Crippen molar-refractivity contribution in [2.45, 2.75) is 52.1 Å². The zero-order chi connectivity index (χ0) is 16.5. The van der Waals surface area contributed by atoms with Crippen molar-refractivity contribution in [2.24, 2.45) is 0 Å². The van der Waals surface area contributed by atoms with Crippen molar-refractivity contribution >= 4 is 24.8 Å². The van der Waals surface area contributed by atoms with Crippen molar-refractivity contribution in [1.29, 1.82) is 0 Å². The first-order valence-electron chi connectivity index (χ1n) is 9.04. The summed E-state index contributed by atoms with van der Waals surface area (Å²) in [6, 6.07) is 0.239. The van der Waals surface area contributed by atoms with Gasteiger partial charge in [-0.25, -0.2) is 0 Å². The second-order valence-corrected chi connectivity index (χ2v) is 6.77. The molecule has 1 fully saturated rings. The number of fused-ring (bicyclic) bond motifs is 1. The van der Waals surface area contributed by atoms with Crippen LogP contribution in [0, 0.1) is 6.92 Å². The zero-order valence-corrected chi connectivity index (χ0v) is 17.0.